The van der Waals surface area contributed by atoms with Crippen molar-refractivity contribution in [2.45, 2.75) is 19.5 Å². The number of para-hydroxylation sites is 1. The number of hydrogen-bond donors (Lipinski definition) is 2. The number of anilines is 1. The fourth-order valence-electron chi connectivity index (χ4n) is 2.56. The molecule has 0 saturated heterocycles. The molecule has 1 amide bonds. The number of amides is 1. The third kappa shape index (κ3) is 4.23. The van der Waals surface area contributed by atoms with Crippen molar-refractivity contribution in [2.75, 3.05) is 5.32 Å². The largest absolute Gasteiger partial charge is 0.380 e. The summed E-state index contributed by atoms with van der Waals surface area (Å²) in [6, 6.07) is 11.3. The van der Waals surface area contributed by atoms with E-state index in [0.717, 1.165) is 16.8 Å². The van der Waals surface area contributed by atoms with Gasteiger partial charge >= 0.3 is 0 Å². The first-order chi connectivity index (χ1) is 12.1. The van der Waals surface area contributed by atoms with Gasteiger partial charge in [0.2, 0.25) is 0 Å². The molecule has 0 spiro atoms. The zero-order chi connectivity index (χ0) is 17.6. The maximum absolute atomic E-state index is 12.7. The number of aryl methyl sites for hydroxylation is 1. The minimum atomic E-state index is -0.120. The van der Waals surface area contributed by atoms with Crippen LogP contribution in [0.4, 0.5) is 5.69 Å². The molecule has 0 aliphatic heterocycles. The van der Waals surface area contributed by atoms with E-state index in [4.69, 9.17) is 0 Å². The van der Waals surface area contributed by atoms with Crippen LogP contribution in [0.25, 0.3) is 0 Å². The summed E-state index contributed by atoms with van der Waals surface area (Å²) >= 11 is 0. The Labute approximate surface area is 146 Å². The Hall–Kier alpha value is -3.15. The Morgan fingerprint density at radius 3 is 2.76 bits per heavy atom. The topological polar surface area (TPSA) is 71.8 Å². The molecule has 25 heavy (non-hydrogen) atoms. The van der Waals surface area contributed by atoms with Crippen LogP contribution in [-0.2, 0) is 13.6 Å². The van der Waals surface area contributed by atoms with E-state index >= 15 is 0 Å². The molecule has 2 N–H and O–H groups in total. The fraction of sp³-hybridized carbons (Fsp3) is 0.211. The van der Waals surface area contributed by atoms with Crippen molar-refractivity contribution < 1.29 is 4.79 Å². The molecule has 1 atom stereocenters. The van der Waals surface area contributed by atoms with Crippen molar-refractivity contribution in [3.05, 3.63) is 77.9 Å². The van der Waals surface area contributed by atoms with Crippen molar-refractivity contribution in [2.24, 2.45) is 7.05 Å². The summed E-state index contributed by atoms with van der Waals surface area (Å²) < 4.78 is 1.72. The molecule has 6 nitrogen and oxygen atoms in total. The summed E-state index contributed by atoms with van der Waals surface area (Å²) in [6.45, 7) is 2.55. The van der Waals surface area contributed by atoms with E-state index in [1.54, 1.807) is 23.3 Å². The first-order valence-corrected chi connectivity index (χ1v) is 8.14. The molecule has 0 aliphatic rings. The van der Waals surface area contributed by atoms with Crippen LogP contribution in [0.15, 0.2) is 61.2 Å². The van der Waals surface area contributed by atoms with E-state index in [0.29, 0.717) is 12.1 Å². The molecule has 0 aliphatic carbocycles. The van der Waals surface area contributed by atoms with Crippen molar-refractivity contribution in [3.63, 3.8) is 0 Å². The maximum Gasteiger partial charge on any atom is 0.253 e. The van der Waals surface area contributed by atoms with Gasteiger partial charge in [-0.05, 0) is 30.7 Å². The number of nitrogens with zero attached hydrogens (tertiary/aromatic N) is 3. The average molecular weight is 335 g/mol. The smallest absolute Gasteiger partial charge is 0.253 e. The first-order valence-electron chi connectivity index (χ1n) is 8.14. The van der Waals surface area contributed by atoms with Crippen LogP contribution < -0.4 is 10.6 Å². The van der Waals surface area contributed by atoms with Gasteiger partial charge in [0.25, 0.3) is 5.91 Å². The highest BCUT2D eigenvalue weighted by Crippen LogP contribution is 2.18. The zero-order valence-electron chi connectivity index (χ0n) is 14.3. The first kappa shape index (κ1) is 16.7. The molecule has 0 radical (unpaired) electrons. The Morgan fingerprint density at radius 1 is 1.20 bits per heavy atom. The Bertz CT molecular complexity index is 844. The van der Waals surface area contributed by atoms with E-state index < -0.39 is 0 Å². The lowest BCUT2D eigenvalue weighted by Gasteiger charge is -2.15. The molecule has 0 bridgehead atoms. The number of benzene rings is 1. The number of aromatic nitrogens is 3. The molecule has 0 unspecified atom stereocenters. The van der Waals surface area contributed by atoms with Crippen LogP contribution in [0.3, 0.4) is 0 Å². The summed E-state index contributed by atoms with van der Waals surface area (Å²) in [5, 5.41) is 10.5. The highest BCUT2D eigenvalue weighted by Gasteiger charge is 2.15. The number of hydrogen-bond acceptors (Lipinski definition) is 4. The summed E-state index contributed by atoms with van der Waals surface area (Å²) in [5.74, 6) is -0.120. The summed E-state index contributed by atoms with van der Waals surface area (Å²) in [5.41, 5.74) is 3.43. The highest BCUT2D eigenvalue weighted by atomic mass is 16.1. The van der Waals surface area contributed by atoms with Gasteiger partial charge in [0.15, 0.2) is 0 Å². The molecule has 2 aromatic heterocycles. The van der Waals surface area contributed by atoms with Crippen molar-refractivity contribution >= 4 is 11.6 Å². The predicted octanol–water partition coefficient (Wildman–Crippen LogP) is 2.92. The van der Waals surface area contributed by atoms with E-state index in [-0.39, 0.29) is 11.9 Å². The molecular weight excluding hydrogens is 314 g/mol. The second-order valence-corrected chi connectivity index (χ2v) is 5.90. The molecule has 0 fully saturated rings. The van der Waals surface area contributed by atoms with E-state index in [2.05, 4.69) is 20.7 Å². The average Bonchev–Trinajstić information content (AvgIpc) is 3.07. The van der Waals surface area contributed by atoms with Gasteiger partial charge in [-0.1, -0.05) is 18.2 Å². The summed E-state index contributed by atoms with van der Waals surface area (Å²) in [7, 11) is 1.86. The molecule has 6 heteroatoms. The molecular formula is C19H21N5O. The van der Waals surface area contributed by atoms with Gasteiger partial charge in [0.1, 0.15) is 0 Å². The lowest BCUT2D eigenvalue weighted by molar-refractivity contribution is 0.0940. The molecule has 1 aromatic carbocycles. The highest BCUT2D eigenvalue weighted by molar-refractivity contribution is 5.99. The number of carbonyl (C=O) groups excluding carboxylic acids is 1. The molecule has 128 valence electrons. The quantitative estimate of drug-likeness (QED) is 0.726. The minimum Gasteiger partial charge on any atom is -0.380 e. The third-order valence-corrected chi connectivity index (χ3v) is 3.95. The molecule has 2 heterocycles. The Balaban J connectivity index is 1.70. The monoisotopic (exact) mass is 335 g/mol. The lowest BCUT2D eigenvalue weighted by atomic mass is 10.1. The summed E-state index contributed by atoms with van der Waals surface area (Å²) in [4.78, 5) is 16.8. The fourth-order valence-corrected chi connectivity index (χ4v) is 2.56. The molecule has 3 rings (SSSR count). The van der Waals surface area contributed by atoms with Gasteiger partial charge in [-0.2, -0.15) is 5.10 Å². The van der Waals surface area contributed by atoms with E-state index in [9.17, 15) is 4.79 Å². The minimum absolute atomic E-state index is 0.118. The van der Waals surface area contributed by atoms with Gasteiger partial charge in [0.05, 0.1) is 17.8 Å². The van der Waals surface area contributed by atoms with Crippen molar-refractivity contribution in [3.8, 4) is 0 Å². The van der Waals surface area contributed by atoms with E-state index in [1.165, 1.54) is 0 Å². The van der Waals surface area contributed by atoms with Crippen LogP contribution in [0.1, 0.15) is 34.5 Å². The second kappa shape index (κ2) is 7.61. The summed E-state index contributed by atoms with van der Waals surface area (Å²) in [6.07, 6.45) is 7.21. The SMILES string of the molecule is C[C@@H](NC(=O)c1ccccc1NCc1cccnc1)c1cnn(C)c1. The third-order valence-electron chi connectivity index (χ3n) is 3.95. The van der Waals surface area contributed by atoms with Gasteiger partial charge in [-0.15, -0.1) is 0 Å². The number of pyridine rings is 1. The van der Waals surface area contributed by atoms with Crippen LogP contribution in [-0.4, -0.2) is 20.7 Å². The number of rotatable bonds is 6. The Kier molecular flexibility index (Phi) is 5.09. The van der Waals surface area contributed by atoms with Gasteiger partial charge < -0.3 is 10.6 Å². The van der Waals surface area contributed by atoms with Crippen LogP contribution in [0, 0.1) is 0 Å². The van der Waals surface area contributed by atoms with Crippen molar-refractivity contribution in [1.82, 2.24) is 20.1 Å². The standard InChI is InChI=1S/C19H21N5O/c1-14(16-12-22-24(2)13-16)23-19(25)17-7-3-4-8-18(17)21-11-15-6-5-9-20-10-15/h3-10,12-14,21H,11H2,1-2H3,(H,23,25)/t14-/m1/s1. The number of nitrogens with one attached hydrogen (secondary N) is 2. The van der Waals surface area contributed by atoms with Crippen LogP contribution >= 0.6 is 0 Å². The predicted molar refractivity (Wildman–Crippen MR) is 97.1 cm³/mol. The van der Waals surface area contributed by atoms with Gasteiger partial charge in [-0.3, -0.25) is 14.5 Å². The van der Waals surface area contributed by atoms with Crippen LogP contribution in [0.5, 0.6) is 0 Å². The second-order valence-electron chi connectivity index (χ2n) is 5.90. The van der Waals surface area contributed by atoms with E-state index in [1.807, 2.05) is 56.6 Å². The molecule has 0 saturated carbocycles. The zero-order valence-corrected chi connectivity index (χ0v) is 14.3. The lowest BCUT2D eigenvalue weighted by Crippen LogP contribution is -2.27. The van der Waals surface area contributed by atoms with Crippen molar-refractivity contribution in [1.29, 1.82) is 0 Å². The normalized spacial score (nSPS) is 11.8. The van der Waals surface area contributed by atoms with Gasteiger partial charge in [-0.25, -0.2) is 0 Å². The maximum atomic E-state index is 12.7. The van der Waals surface area contributed by atoms with Gasteiger partial charge in [0, 0.05) is 43.4 Å². The Morgan fingerprint density at radius 2 is 2.04 bits per heavy atom. The number of carbonyl (C=O) groups is 1. The van der Waals surface area contributed by atoms with Crippen LogP contribution in [0.2, 0.25) is 0 Å². The molecule has 3 aromatic rings.